The van der Waals surface area contributed by atoms with Crippen molar-refractivity contribution in [2.75, 3.05) is 0 Å². The van der Waals surface area contributed by atoms with Crippen molar-refractivity contribution in [1.29, 1.82) is 0 Å². The van der Waals surface area contributed by atoms with E-state index in [4.69, 9.17) is 4.74 Å². The van der Waals surface area contributed by atoms with Gasteiger partial charge in [0.2, 0.25) is 0 Å². The summed E-state index contributed by atoms with van der Waals surface area (Å²) in [6.07, 6.45) is -0.256. The van der Waals surface area contributed by atoms with Gasteiger partial charge < -0.3 is 4.74 Å². The molecule has 1 atom stereocenters. The molecule has 3 rings (SSSR count). The van der Waals surface area contributed by atoms with Crippen LogP contribution in [0.25, 0.3) is 0 Å². The number of fused-ring (bicyclic) bond motifs is 1. The number of carbonyl (C=O) groups is 1. The first-order valence-corrected chi connectivity index (χ1v) is 6.04. The first-order chi connectivity index (χ1) is 8.66. The van der Waals surface area contributed by atoms with E-state index in [0.717, 1.165) is 11.1 Å². The van der Waals surface area contributed by atoms with Crippen LogP contribution in [0.15, 0.2) is 42.5 Å². The quantitative estimate of drug-likeness (QED) is 0.710. The molecule has 1 aliphatic rings. The summed E-state index contributed by atoms with van der Waals surface area (Å²) in [7, 11) is 0. The fourth-order valence-corrected chi connectivity index (χ4v) is 2.32. The van der Waals surface area contributed by atoms with E-state index in [9.17, 15) is 4.79 Å². The lowest BCUT2D eigenvalue weighted by Gasteiger charge is -2.12. The summed E-state index contributed by atoms with van der Waals surface area (Å²) >= 11 is 0. The van der Waals surface area contributed by atoms with Gasteiger partial charge in [0.15, 0.2) is 6.10 Å². The van der Waals surface area contributed by atoms with Crippen LogP contribution in [-0.2, 0) is 4.74 Å². The molecule has 18 heavy (non-hydrogen) atoms. The summed E-state index contributed by atoms with van der Waals surface area (Å²) in [5.41, 5.74) is 5.15. The number of esters is 1. The molecule has 2 aromatic rings. The van der Waals surface area contributed by atoms with E-state index in [-0.39, 0.29) is 12.1 Å². The average Bonchev–Trinajstić information content (AvgIpc) is 2.71. The molecule has 1 aliphatic heterocycles. The van der Waals surface area contributed by atoms with Crippen molar-refractivity contribution >= 4 is 5.97 Å². The molecule has 0 aliphatic carbocycles. The Labute approximate surface area is 106 Å². The minimum absolute atomic E-state index is 0.228. The van der Waals surface area contributed by atoms with Crippen LogP contribution < -0.4 is 0 Å². The van der Waals surface area contributed by atoms with E-state index in [1.54, 1.807) is 0 Å². The number of rotatable bonds is 1. The predicted octanol–water partition coefficient (Wildman–Crippen LogP) is 3.56. The van der Waals surface area contributed by atoms with E-state index in [1.165, 1.54) is 11.1 Å². The molecule has 0 spiro atoms. The van der Waals surface area contributed by atoms with E-state index >= 15 is 0 Å². The lowest BCUT2D eigenvalue weighted by atomic mass is 9.97. The molecule has 0 N–H and O–H groups in total. The molecule has 0 amide bonds. The van der Waals surface area contributed by atoms with Gasteiger partial charge in [0.05, 0.1) is 5.56 Å². The van der Waals surface area contributed by atoms with Crippen LogP contribution in [0.3, 0.4) is 0 Å². The van der Waals surface area contributed by atoms with Crippen LogP contribution in [0, 0.1) is 13.8 Å². The second-order valence-electron chi connectivity index (χ2n) is 4.72. The molecule has 2 heteroatoms. The van der Waals surface area contributed by atoms with Gasteiger partial charge in [-0.05, 0) is 36.6 Å². The Kier molecular flexibility index (Phi) is 2.44. The van der Waals surface area contributed by atoms with Crippen LogP contribution in [0.4, 0.5) is 0 Å². The normalized spacial score (nSPS) is 17.4. The van der Waals surface area contributed by atoms with Crippen molar-refractivity contribution in [2.24, 2.45) is 0 Å². The highest BCUT2D eigenvalue weighted by atomic mass is 16.5. The number of hydrogen-bond donors (Lipinski definition) is 0. The van der Waals surface area contributed by atoms with Crippen LogP contribution in [-0.4, -0.2) is 5.97 Å². The molecule has 1 unspecified atom stereocenters. The Morgan fingerprint density at radius 3 is 2.56 bits per heavy atom. The van der Waals surface area contributed by atoms with Gasteiger partial charge in [0, 0.05) is 5.56 Å². The summed E-state index contributed by atoms with van der Waals surface area (Å²) in [5.74, 6) is -0.228. The second kappa shape index (κ2) is 3.98. The zero-order valence-electron chi connectivity index (χ0n) is 10.4. The minimum atomic E-state index is -0.256. The summed E-state index contributed by atoms with van der Waals surface area (Å²) < 4.78 is 5.47. The van der Waals surface area contributed by atoms with Gasteiger partial charge in [-0.2, -0.15) is 0 Å². The number of carbonyl (C=O) groups excluding carboxylic acids is 1. The molecule has 2 aromatic carbocycles. The lowest BCUT2D eigenvalue weighted by molar-refractivity contribution is 0.0455. The van der Waals surface area contributed by atoms with Gasteiger partial charge in [0.25, 0.3) is 0 Å². The van der Waals surface area contributed by atoms with E-state index in [2.05, 4.69) is 26.0 Å². The number of benzene rings is 2. The second-order valence-corrected chi connectivity index (χ2v) is 4.72. The molecule has 0 fully saturated rings. The van der Waals surface area contributed by atoms with Crippen LogP contribution in [0.1, 0.15) is 38.7 Å². The zero-order chi connectivity index (χ0) is 12.7. The van der Waals surface area contributed by atoms with Crippen molar-refractivity contribution in [3.63, 3.8) is 0 Å². The van der Waals surface area contributed by atoms with Gasteiger partial charge in [-0.25, -0.2) is 4.79 Å². The zero-order valence-corrected chi connectivity index (χ0v) is 10.4. The van der Waals surface area contributed by atoms with Crippen molar-refractivity contribution < 1.29 is 9.53 Å². The maximum absolute atomic E-state index is 11.8. The minimum Gasteiger partial charge on any atom is -0.449 e. The third-order valence-corrected chi connectivity index (χ3v) is 3.52. The van der Waals surface area contributed by atoms with Crippen LogP contribution in [0.5, 0.6) is 0 Å². The molecule has 0 radical (unpaired) electrons. The molecule has 0 saturated heterocycles. The van der Waals surface area contributed by atoms with Gasteiger partial charge in [-0.1, -0.05) is 36.4 Å². The van der Waals surface area contributed by atoms with Gasteiger partial charge in [0.1, 0.15) is 0 Å². The summed E-state index contributed by atoms with van der Waals surface area (Å²) in [6.45, 7) is 4.15. The largest absolute Gasteiger partial charge is 0.449 e. The van der Waals surface area contributed by atoms with Gasteiger partial charge in [-0.3, -0.25) is 0 Å². The Bertz CT molecular complexity index is 629. The third kappa shape index (κ3) is 1.61. The van der Waals surface area contributed by atoms with Gasteiger partial charge in [-0.15, -0.1) is 0 Å². The van der Waals surface area contributed by atoms with Crippen molar-refractivity contribution in [3.05, 3.63) is 70.3 Å². The van der Waals surface area contributed by atoms with E-state index in [1.807, 2.05) is 30.3 Å². The summed E-state index contributed by atoms with van der Waals surface area (Å²) in [6, 6.07) is 13.8. The van der Waals surface area contributed by atoms with Crippen molar-refractivity contribution in [3.8, 4) is 0 Å². The molecule has 1 heterocycles. The highest BCUT2D eigenvalue weighted by Gasteiger charge is 2.31. The topological polar surface area (TPSA) is 26.3 Å². The number of cyclic esters (lactones) is 1. The Balaban J connectivity index is 2.09. The monoisotopic (exact) mass is 238 g/mol. The van der Waals surface area contributed by atoms with Gasteiger partial charge >= 0.3 is 5.97 Å². The molecule has 2 nitrogen and oxygen atoms in total. The van der Waals surface area contributed by atoms with Crippen LogP contribution in [0.2, 0.25) is 0 Å². The smallest absolute Gasteiger partial charge is 0.339 e. The number of hydrogen-bond acceptors (Lipinski definition) is 2. The van der Waals surface area contributed by atoms with E-state index in [0.29, 0.717) is 5.56 Å². The van der Waals surface area contributed by atoms with Crippen molar-refractivity contribution in [1.82, 2.24) is 0 Å². The Morgan fingerprint density at radius 2 is 1.78 bits per heavy atom. The third-order valence-electron chi connectivity index (χ3n) is 3.52. The predicted molar refractivity (Wildman–Crippen MR) is 69.6 cm³/mol. The molecular formula is C16H14O2. The standard InChI is InChI=1S/C16H14O2/c1-10-7-8-12(9-11(10)2)15-13-5-3-4-6-14(13)16(17)18-15/h3-9,15H,1-2H3. The maximum atomic E-state index is 11.8. The summed E-state index contributed by atoms with van der Waals surface area (Å²) in [4.78, 5) is 11.8. The molecule has 0 aromatic heterocycles. The van der Waals surface area contributed by atoms with Crippen LogP contribution >= 0.6 is 0 Å². The maximum Gasteiger partial charge on any atom is 0.339 e. The Hall–Kier alpha value is -2.09. The molecule has 0 saturated carbocycles. The first-order valence-electron chi connectivity index (χ1n) is 6.04. The average molecular weight is 238 g/mol. The molecule has 90 valence electrons. The summed E-state index contributed by atoms with van der Waals surface area (Å²) in [5, 5.41) is 0. The molecule has 0 bridgehead atoms. The fraction of sp³-hybridized carbons (Fsp3) is 0.188. The number of ether oxygens (including phenoxy) is 1. The Morgan fingerprint density at radius 1 is 1.00 bits per heavy atom. The SMILES string of the molecule is Cc1ccc(C2OC(=O)c3ccccc32)cc1C. The highest BCUT2D eigenvalue weighted by Crippen LogP contribution is 2.36. The molecular weight excluding hydrogens is 224 g/mol. The lowest BCUT2D eigenvalue weighted by Crippen LogP contribution is -2.01. The highest BCUT2D eigenvalue weighted by molar-refractivity contribution is 5.94. The first kappa shape index (κ1) is 11.0. The van der Waals surface area contributed by atoms with Crippen molar-refractivity contribution in [2.45, 2.75) is 20.0 Å². The number of aryl methyl sites for hydroxylation is 2. The van der Waals surface area contributed by atoms with E-state index < -0.39 is 0 Å². The fourth-order valence-electron chi connectivity index (χ4n) is 2.32.